The van der Waals surface area contributed by atoms with Gasteiger partial charge in [0.1, 0.15) is 17.3 Å². The van der Waals surface area contributed by atoms with E-state index in [1.54, 1.807) is 37.4 Å². The summed E-state index contributed by atoms with van der Waals surface area (Å²) < 4.78 is 5.27. The molecule has 31 heavy (non-hydrogen) atoms. The lowest BCUT2D eigenvalue weighted by Gasteiger charge is -2.26. The second-order valence-electron chi connectivity index (χ2n) is 7.93. The largest absolute Gasteiger partial charge is 0.508 e. The molecule has 0 bridgehead atoms. The Morgan fingerprint density at radius 2 is 1.81 bits per heavy atom. The molecule has 7 heteroatoms. The zero-order valence-corrected chi connectivity index (χ0v) is 18.3. The van der Waals surface area contributed by atoms with Crippen molar-refractivity contribution >= 4 is 17.4 Å². The molecular weight excluding hydrogens is 396 g/mol. The maximum absolute atomic E-state index is 13.0. The molecular formula is C24H28N2O5. The van der Waals surface area contributed by atoms with Crippen LogP contribution in [0.25, 0.3) is 5.76 Å². The molecule has 0 saturated carbocycles. The Morgan fingerprint density at radius 1 is 1.13 bits per heavy atom. The molecule has 1 aliphatic rings. The first kappa shape index (κ1) is 22.4. The van der Waals surface area contributed by atoms with Crippen LogP contribution in [0, 0.1) is 6.92 Å². The monoisotopic (exact) mass is 424 g/mol. The van der Waals surface area contributed by atoms with Gasteiger partial charge in [-0.05, 0) is 75.4 Å². The van der Waals surface area contributed by atoms with E-state index in [0.29, 0.717) is 29.8 Å². The first-order chi connectivity index (χ1) is 14.7. The molecule has 1 fully saturated rings. The highest BCUT2D eigenvalue weighted by Crippen LogP contribution is 2.40. The summed E-state index contributed by atoms with van der Waals surface area (Å²) in [5.41, 5.74) is 1.93. The fraction of sp³-hybridized carbons (Fsp3) is 0.333. The van der Waals surface area contributed by atoms with Gasteiger partial charge in [-0.3, -0.25) is 9.59 Å². The van der Waals surface area contributed by atoms with Crippen LogP contribution >= 0.6 is 0 Å². The molecule has 2 aromatic carbocycles. The van der Waals surface area contributed by atoms with Gasteiger partial charge in [0.15, 0.2) is 0 Å². The number of amides is 1. The van der Waals surface area contributed by atoms with E-state index < -0.39 is 17.7 Å². The van der Waals surface area contributed by atoms with Crippen LogP contribution in [0.4, 0.5) is 0 Å². The zero-order chi connectivity index (χ0) is 22.7. The average molecular weight is 424 g/mol. The smallest absolute Gasteiger partial charge is 0.295 e. The third kappa shape index (κ3) is 4.56. The van der Waals surface area contributed by atoms with E-state index in [1.165, 1.54) is 17.0 Å². The van der Waals surface area contributed by atoms with Crippen LogP contribution in [0.5, 0.6) is 11.5 Å². The number of hydrogen-bond donors (Lipinski definition) is 2. The first-order valence-electron chi connectivity index (χ1n) is 10.1. The van der Waals surface area contributed by atoms with Crippen molar-refractivity contribution in [2.45, 2.75) is 19.4 Å². The summed E-state index contributed by atoms with van der Waals surface area (Å²) >= 11 is 0. The number of aromatic hydroxyl groups is 1. The Bertz CT molecular complexity index is 1010. The van der Waals surface area contributed by atoms with Gasteiger partial charge in [-0.1, -0.05) is 12.1 Å². The fourth-order valence-electron chi connectivity index (χ4n) is 3.85. The van der Waals surface area contributed by atoms with Gasteiger partial charge in [-0.2, -0.15) is 0 Å². The Hall–Kier alpha value is -3.32. The van der Waals surface area contributed by atoms with Crippen LogP contribution in [0.15, 0.2) is 48.0 Å². The summed E-state index contributed by atoms with van der Waals surface area (Å²) in [6, 6.07) is 10.7. The number of rotatable bonds is 7. The highest BCUT2D eigenvalue weighted by atomic mass is 16.5. The topological polar surface area (TPSA) is 90.3 Å². The van der Waals surface area contributed by atoms with E-state index in [4.69, 9.17) is 4.74 Å². The molecule has 1 saturated heterocycles. The number of ketones is 1. The highest BCUT2D eigenvalue weighted by molar-refractivity contribution is 6.46. The van der Waals surface area contributed by atoms with E-state index in [9.17, 15) is 19.8 Å². The Kier molecular flexibility index (Phi) is 6.65. The van der Waals surface area contributed by atoms with Gasteiger partial charge in [0.25, 0.3) is 11.7 Å². The maximum Gasteiger partial charge on any atom is 0.295 e. The van der Waals surface area contributed by atoms with E-state index in [0.717, 1.165) is 12.1 Å². The summed E-state index contributed by atoms with van der Waals surface area (Å²) in [4.78, 5) is 29.4. The summed E-state index contributed by atoms with van der Waals surface area (Å²) in [6.07, 6.45) is 0.677. The molecule has 2 N–H and O–H groups in total. The number of phenols is 1. The third-order valence-corrected chi connectivity index (χ3v) is 5.42. The van der Waals surface area contributed by atoms with Crippen LogP contribution < -0.4 is 4.74 Å². The Labute approximate surface area is 182 Å². The number of phenolic OH excluding ortho intramolecular Hbond substituents is 1. The molecule has 3 rings (SSSR count). The number of aliphatic hydroxyl groups excluding tert-OH is 1. The normalized spacial score (nSPS) is 18.1. The molecule has 7 nitrogen and oxygen atoms in total. The van der Waals surface area contributed by atoms with Gasteiger partial charge in [0.05, 0.1) is 18.7 Å². The lowest BCUT2D eigenvalue weighted by molar-refractivity contribution is -0.139. The van der Waals surface area contributed by atoms with Gasteiger partial charge in [0, 0.05) is 12.1 Å². The molecule has 0 spiro atoms. The number of Topliss-reactive ketones (excluding diaryl/α,β-unsaturated/α-hetero) is 1. The number of benzene rings is 2. The molecule has 0 aliphatic carbocycles. The minimum Gasteiger partial charge on any atom is -0.508 e. The molecule has 0 aromatic heterocycles. The molecule has 1 atom stereocenters. The second kappa shape index (κ2) is 9.22. The number of carbonyl (C=O) groups is 2. The molecule has 1 aliphatic heterocycles. The number of aryl methyl sites for hydroxylation is 1. The van der Waals surface area contributed by atoms with Gasteiger partial charge >= 0.3 is 0 Å². The summed E-state index contributed by atoms with van der Waals surface area (Å²) in [6.45, 7) is 2.96. The predicted octanol–water partition coefficient (Wildman–Crippen LogP) is 3.08. The van der Waals surface area contributed by atoms with E-state index in [2.05, 4.69) is 0 Å². The van der Waals surface area contributed by atoms with Crippen molar-refractivity contribution in [3.05, 3.63) is 64.7 Å². The minimum atomic E-state index is -0.731. The molecule has 0 unspecified atom stereocenters. The number of nitrogens with zero attached hydrogens (tertiary/aromatic N) is 2. The number of hydrogen-bond acceptors (Lipinski definition) is 6. The van der Waals surface area contributed by atoms with Crippen molar-refractivity contribution in [2.75, 3.05) is 34.3 Å². The maximum atomic E-state index is 13.0. The molecule has 164 valence electrons. The van der Waals surface area contributed by atoms with Crippen molar-refractivity contribution in [1.82, 2.24) is 9.80 Å². The number of likely N-dealkylation sites (tertiary alicyclic amines) is 1. The average Bonchev–Trinajstić information content (AvgIpc) is 2.98. The highest BCUT2D eigenvalue weighted by Gasteiger charge is 2.45. The van der Waals surface area contributed by atoms with E-state index >= 15 is 0 Å². The van der Waals surface area contributed by atoms with Crippen molar-refractivity contribution in [1.29, 1.82) is 0 Å². The number of carbonyl (C=O) groups excluding carboxylic acids is 2. The van der Waals surface area contributed by atoms with E-state index in [-0.39, 0.29) is 17.1 Å². The second-order valence-corrected chi connectivity index (χ2v) is 7.93. The van der Waals surface area contributed by atoms with Gasteiger partial charge in [-0.15, -0.1) is 0 Å². The predicted molar refractivity (Wildman–Crippen MR) is 118 cm³/mol. The standard InChI is InChI=1S/C24H28N2O5/c1-15-14-17(8-11-19(15)31-4)22(28)20-21(16-6-9-18(27)10-7-16)26(24(30)23(20)29)13-5-12-25(2)3/h6-11,14,21,27-28H,5,12-13H2,1-4H3/b22-20+/t21-/m0/s1. The van der Waals surface area contributed by atoms with Crippen molar-refractivity contribution in [3.63, 3.8) is 0 Å². The lowest BCUT2D eigenvalue weighted by Crippen LogP contribution is -2.32. The van der Waals surface area contributed by atoms with Crippen molar-refractivity contribution in [2.24, 2.45) is 0 Å². The quantitative estimate of drug-likeness (QED) is 0.403. The van der Waals surface area contributed by atoms with Crippen LogP contribution in [-0.2, 0) is 9.59 Å². The van der Waals surface area contributed by atoms with E-state index in [1.807, 2.05) is 25.9 Å². The van der Waals surface area contributed by atoms with Crippen molar-refractivity contribution in [3.8, 4) is 11.5 Å². The third-order valence-electron chi connectivity index (χ3n) is 5.42. The number of methoxy groups -OCH3 is 1. The van der Waals surface area contributed by atoms with Crippen molar-refractivity contribution < 1.29 is 24.5 Å². The van der Waals surface area contributed by atoms with Gasteiger partial charge in [0.2, 0.25) is 0 Å². The Morgan fingerprint density at radius 3 is 2.39 bits per heavy atom. The molecule has 0 radical (unpaired) electrons. The number of ether oxygens (including phenoxy) is 1. The van der Waals surface area contributed by atoms with Gasteiger partial charge in [-0.25, -0.2) is 0 Å². The van der Waals surface area contributed by atoms with Crippen LogP contribution in [0.1, 0.15) is 29.2 Å². The van der Waals surface area contributed by atoms with Crippen LogP contribution in [0.3, 0.4) is 0 Å². The fourth-order valence-corrected chi connectivity index (χ4v) is 3.85. The minimum absolute atomic E-state index is 0.0464. The number of aliphatic hydroxyl groups is 1. The molecule has 2 aromatic rings. The van der Waals surface area contributed by atoms with Crippen LogP contribution in [-0.4, -0.2) is 66.0 Å². The first-order valence-corrected chi connectivity index (χ1v) is 10.1. The summed E-state index contributed by atoms with van der Waals surface area (Å²) in [5, 5.41) is 20.8. The molecule has 1 amide bonds. The van der Waals surface area contributed by atoms with Gasteiger partial charge < -0.3 is 24.7 Å². The SMILES string of the molecule is COc1ccc(/C(O)=C2\C(=O)C(=O)N(CCCN(C)C)[C@H]2c2ccc(O)cc2)cc1C. The summed E-state index contributed by atoms with van der Waals surface area (Å²) in [7, 11) is 5.45. The Balaban J connectivity index is 2.10. The lowest BCUT2D eigenvalue weighted by atomic mass is 9.94. The van der Waals surface area contributed by atoms with Crippen LogP contribution in [0.2, 0.25) is 0 Å². The summed E-state index contributed by atoms with van der Waals surface area (Å²) in [5.74, 6) is -0.829. The zero-order valence-electron chi connectivity index (χ0n) is 18.3. The molecule has 1 heterocycles.